The Labute approximate surface area is 137 Å². The minimum Gasteiger partial charge on any atom is -0.371 e. The molecule has 1 fully saturated rings. The molecule has 0 bridgehead atoms. The first kappa shape index (κ1) is 17.2. The predicted molar refractivity (Wildman–Crippen MR) is 95.3 cm³/mol. The van der Waals surface area contributed by atoms with Crippen LogP contribution in [0.25, 0.3) is 0 Å². The summed E-state index contributed by atoms with van der Waals surface area (Å²) in [4.78, 5) is 14.5. The number of amides is 1. The summed E-state index contributed by atoms with van der Waals surface area (Å²) in [6, 6.07) is 7.94. The molecule has 22 heavy (non-hydrogen) atoms. The van der Waals surface area contributed by atoms with Gasteiger partial charge >= 0.3 is 0 Å². The third-order valence-electron chi connectivity index (χ3n) is 4.11. The average Bonchev–Trinajstić information content (AvgIpc) is 2.58. The normalized spacial score (nSPS) is 16.4. The van der Waals surface area contributed by atoms with Crippen LogP contribution in [0.3, 0.4) is 0 Å². The van der Waals surface area contributed by atoms with Crippen molar-refractivity contribution in [1.29, 1.82) is 0 Å². The van der Waals surface area contributed by atoms with Crippen molar-refractivity contribution < 1.29 is 4.79 Å². The number of nitrogens with two attached hydrogens (primary N) is 1. The van der Waals surface area contributed by atoms with Crippen LogP contribution in [0.5, 0.6) is 0 Å². The molecule has 1 aromatic rings. The minimum atomic E-state index is -0.408. The van der Waals surface area contributed by atoms with Crippen molar-refractivity contribution in [3.05, 3.63) is 29.8 Å². The second-order valence-electron chi connectivity index (χ2n) is 5.78. The molecule has 1 unspecified atom stereocenters. The summed E-state index contributed by atoms with van der Waals surface area (Å²) in [5.74, 6) is 0.862. The van der Waals surface area contributed by atoms with Gasteiger partial charge in [0.25, 0.3) is 0 Å². The van der Waals surface area contributed by atoms with Crippen LogP contribution >= 0.6 is 11.8 Å². The second-order valence-corrected chi connectivity index (χ2v) is 6.77. The van der Waals surface area contributed by atoms with Crippen molar-refractivity contribution in [2.45, 2.75) is 38.3 Å². The maximum atomic E-state index is 12.1. The molecular formula is C17H27N3OS. The van der Waals surface area contributed by atoms with E-state index in [9.17, 15) is 4.79 Å². The summed E-state index contributed by atoms with van der Waals surface area (Å²) in [5, 5.41) is 2.99. The predicted octanol–water partition coefficient (Wildman–Crippen LogP) is 2.37. The van der Waals surface area contributed by atoms with Gasteiger partial charge in [-0.05, 0) is 49.3 Å². The average molecular weight is 321 g/mol. The topological polar surface area (TPSA) is 58.4 Å². The minimum absolute atomic E-state index is 0.0532. The molecule has 4 nitrogen and oxygen atoms in total. The number of anilines is 1. The molecule has 3 N–H and O–H groups in total. The van der Waals surface area contributed by atoms with Gasteiger partial charge in [0.1, 0.15) is 0 Å². The van der Waals surface area contributed by atoms with E-state index >= 15 is 0 Å². The van der Waals surface area contributed by atoms with Crippen LogP contribution in [0.4, 0.5) is 5.69 Å². The Hall–Kier alpha value is -1.20. The highest BCUT2D eigenvalue weighted by Gasteiger charge is 2.16. The molecule has 0 spiro atoms. The summed E-state index contributed by atoms with van der Waals surface area (Å²) >= 11 is 1.72. The zero-order valence-corrected chi connectivity index (χ0v) is 14.2. The van der Waals surface area contributed by atoms with Crippen LogP contribution in [0, 0.1) is 0 Å². The number of thioether (sulfide) groups is 1. The van der Waals surface area contributed by atoms with Gasteiger partial charge in [0, 0.05) is 25.3 Å². The zero-order valence-electron chi connectivity index (χ0n) is 13.4. The lowest BCUT2D eigenvalue weighted by Gasteiger charge is -2.30. The van der Waals surface area contributed by atoms with Crippen LogP contribution in [-0.4, -0.2) is 37.0 Å². The van der Waals surface area contributed by atoms with E-state index in [1.807, 2.05) is 12.3 Å². The fraction of sp³-hybridized carbons (Fsp3) is 0.588. The van der Waals surface area contributed by atoms with Crippen molar-refractivity contribution in [1.82, 2.24) is 5.32 Å². The molecule has 1 amide bonds. The van der Waals surface area contributed by atoms with E-state index < -0.39 is 6.04 Å². The first-order chi connectivity index (χ1) is 10.7. The van der Waals surface area contributed by atoms with Gasteiger partial charge in [0.2, 0.25) is 5.91 Å². The number of hydrogen-bond donors (Lipinski definition) is 2. The Bertz CT molecular complexity index is 475. The smallest absolute Gasteiger partial charge is 0.237 e. The monoisotopic (exact) mass is 321 g/mol. The lowest BCUT2D eigenvalue weighted by atomic mass is 10.1. The molecule has 1 aliphatic rings. The van der Waals surface area contributed by atoms with E-state index in [1.165, 1.54) is 30.5 Å². The van der Waals surface area contributed by atoms with Gasteiger partial charge < -0.3 is 16.0 Å². The van der Waals surface area contributed by atoms with E-state index in [-0.39, 0.29) is 5.91 Å². The van der Waals surface area contributed by atoms with Crippen molar-refractivity contribution >= 4 is 23.4 Å². The maximum Gasteiger partial charge on any atom is 0.237 e. The first-order valence-corrected chi connectivity index (χ1v) is 9.47. The van der Waals surface area contributed by atoms with E-state index in [0.29, 0.717) is 6.54 Å². The fourth-order valence-corrected chi connectivity index (χ4v) is 3.28. The molecule has 1 aliphatic heterocycles. The maximum absolute atomic E-state index is 12.1. The highest BCUT2D eigenvalue weighted by molar-refractivity contribution is 7.98. The fourth-order valence-electron chi connectivity index (χ4n) is 2.79. The molecule has 0 aromatic heterocycles. The third kappa shape index (κ3) is 4.92. The molecule has 122 valence electrons. The molecular weight excluding hydrogens is 294 g/mol. The quantitative estimate of drug-likeness (QED) is 0.809. The number of nitrogens with one attached hydrogen (secondary N) is 1. The third-order valence-corrected chi connectivity index (χ3v) is 4.76. The Morgan fingerprint density at radius 2 is 2.05 bits per heavy atom. The van der Waals surface area contributed by atoms with Crippen LogP contribution in [0.1, 0.15) is 31.2 Å². The van der Waals surface area contributed by atoms with Crippen LogP contribution in [-0.2, 0) is 11.3 Å². The number of carbonyl (C=O) groups excluding carboxylic acids is 1. The highest BCUT2D eigenvalue weighted by Crippen LogP contribution is 2.24. The zero-order chi connectivity index (χ0) is 15.8. The van der Waals surface area contributed by atoms with Gasteiger partial charge in [-0.15, -0.1) is 0 Å². The van der Waals surface area contributed by atoms with Crippen LogP contribution in [0.2, 0.25) is 0 Å². The van der Waals surface area contributed by atoms with Crippen molar-refractivity contribution in [2.75, 3.05) is 30.0 Å². The first-order valence-electron chi connectivity index (χ1n) is 8.07. The lowest BCUT2D eigenvalue weighted by Crippen LogP contribution is -2.41. The van der Waals surface area contributed by atoms with Crippen molar-refractivity contribution in [3.8, 4) is 0 Å². The lowest BCUT2D eigenvalue weighted by molar-refractivity contribution is -0.122. The molecule has 1 saturated heterocycles. The van der Waals surface area contributed by atoms with E-state index in [2.05, 4.69) is 28.4 Å². The molecule has 0 radical (unpaired) electrons. The summed E-state index contributed by atoms with van der Waals surface area (Å²) in [6.07, 6.45) is 6.57. The van der Waals surface area contributed by atoms with Gasteiger partial charge in [0.05, 0.1) is 6.04 Å². The molecule has 0 saturated carbocycles. The standard InChI is InChI=1S/C17H27N3OS/c1-22-12-9-15(18)17(21)19-13-14-7-3-4-8-16(14)20-10-5-2-6-11-20/h3-4,7-8,15H,2,5-6,9-13,18H2,1H3,(H,19,21). The molecule has 1 atom stereocenters. The van der Waals surface area contributed by atoms with E-state index in [4.69, 9.17) is 5.73 Å². The van der Waals surface area contributed by atoms with Crippen molar-refractivity contribution in [2.24, 2.45) is 5.73 Å². The number of carbonyl (C=O) groups is 1. The summed E-state index contributed by atoms with van der Waals surface area (Å²) in [6.45, 7) is 2.77. The molecule has 5 heteroatoms. The van der Waals surface area contributed by atoms with E-state index in [0.717, 1.165) is 25.3 Å². The largest absolute Gasteiger partial charge is 0.371 e. The van der Waals surface area contributed by atoms with Crippen LogP contribution < -0.4 is 16.0 Å². The molecule has 2 rings (SSSR count). The number of nitrogens with zero attached hydrogens (tertiary/aromatic N) is 1. The molecule has 1 aromatic carbocycles. The second kappa shape index (κ2) is 9.06. The Morgan fingerprint density at radius 1 is 1.32 bits per heavy atom. The Kier molecular flexibility index (Phi) is 7.06. The number of rotatable bonds is 7. The Balaban J connectivity index is 1.93. The van der Waals surface area contributed by atoms with Crippen molar-refractivity contribution in [3.63, 3.8) is 0 Å². The molecule has 1 heterocycles. The number of benzene rings is 1. The summed E-state index contributed by atoms with van der Waals surface area (Å²) in [7, 11) is 0. The van der Waals surface area contributed by atoms with E-state index in [1.54, 1.807) is 11.8 Å². The summed E-state index contributed by atoms with van der Waals surface area (Å²) in [5.41, 5.74) is 8.34. The van der Waals surface area contributed by atoms with Crippen LogP contribution in [0.15, 0.2) is 24.3 Å². The van der Waals surface area contributed by atoms with Gasteiger partial charge in [-0.2, -0.15) is 11.8 Å². The number of hydrogen-bond acceptors (Lipinski definition) is 4. The van der Waals surface area contributed by atoms with Gasteiger partial charge in [-0.25, -0.2) is 0 Å². The van der Waals surface area contributed by atoms with Gasteiger partial charge in [0.15, 0.2) is 0 Å². The molecule has 0 aliphatic carbocycles. The number of piperidine rings is 1. The number of para-hydroxylation sites is 1. The Morgan fingerprint density at radius 3 is 2.77 bits per heavy atom. The van der Waals surface area contributed by atoms with Gasteiger partial charge in [-0.3, -0.25) is 4.79 Å². The SMILES string of the molecule is CSCCC(N)C(=O)NCc1ccccc1N1CCCCC1. The highest BCUT2D eigenvalue weighted by atomic mass is 32.2. The summed E-state index contributed by atoms with van der Waals surface area (Å²) < 4.78 is 0. The van der Waals surface area contributed by atoms with Gasteiger partial charge in [-0.1, -0.05) is 18.2 Å².